The van der Waals surface area contributed by atoms with Crippen molar-refractivity contribution in [2.24, 2.45) is 5.16 Å². The van der Waals surface area contributed by atoms with E-state index in [1.165, 1.54) is 11.3 Å². The molecule has 0 atom stereocenters. The van der Waals surface area contributed by atoms with Crippen molar-refractivity contribution in [2.75, 3.05) is 5.32 Å². The number of thiazole rings is 1. The van der Waals surface area contributed by atoms with Crippen LogP contribution in [0.25, 0.3) is 0 Å². The Morgan fingerprint density at radius 3 is 2.75 bits per heavy atom. The van der Waals surface area contributed by atoms with E-state index in [1.807, 2.05) is 6.07 Å². The summed E-state index contributed by atoms with van der Waals surface area (Å²) in [5.74, 6) is -0.311. The summed E-state index contributed by atoms with van der Waals surface area (Å²) in [6.45, 7) is 1.61. The highest BCUT2D eigenvalue weighted by molar-refractivity contribution is 7.14. The number of aromatic nitrogens is 1. The Morgan fingerprint density at radius 1 is 1.45 bits per heavy atom. The van der Waals surface area contributed by atoms with E-state index < -0.39 is 0 Å². The third-order valence-corrected chi connectivity index (χ3v) is 3.28. The van der Waals surface area contributed by atoms with Gasteiger partial charge in [-0.05, 0) is 31.2 Å². The van der Waals surface area contributed by atoms with E-state index in [9.17, 15) is 4.79 Å². The lowest BCUT2D eigenvalue weighted by atomic mass is 10.1. The molecule has 2 N–H and O–H groups in total. The fraction of sp³-hybridized carbons (Fsp3) is 0.0769. The standard InChI is InChI=1S/C13H10N4O2S/c1-8(17-19)11-7-20-13(15-11)16-12(18)10-4-2-9(6-14)3-5-10/h2-5,7,19H,1H3,(H,15,16,18). The molecule has 20 heavy (non-hydrogen) atoms. The third-order valence-electron chi connectivity index (χ3n) is 2.52. The highest BCUT2D eigenvalue weighted by Crippen LogP contribution is 2.17. The number of rotatable bonds is 3. The van der Waals surface area contributed by atoms with Gasteiger partial charge in [0, 0.05) is 10.9 Å². The summed E-state index contributed by atoms with van der Waals surface area (Å²) in [6.07, 6.45) is 0. The number of nitriles is 1. The minimum atomic E-state index is -0.311. The summed E-state index contributed by atoms with van der Waals surface area (Å²) < 4.78 is 0. The first-order chi connectivity index (χ1) is 9.63. The van der Waals surface area contributed by atoms with Crippen molar-refractivity contribution in [3.63, 3.8) is 0 Å². The molecule has 1 amide bonds. The van der Waals surface area contributed by atoms with Crippen molar-refractivity contribution in [3.05, 3.63) is 46.5 Å². The Hall–Kier alpha value is -2.72. The monoisotopic (exact) mass is 286 g/mol. The van der Waals surface area contributed by atoms with Gasteiger partial charge in [0.1, 0.15) is 11.4 Å². The van der Waals surface area contributed by atoms with Crippen LogP contribution in [0.5, 0.6) is 0 Å². The van der Waals surface area contributed by atoms with Crippen LogP contribution < -0.4 is 5.32 Å². The van der Waals surface area contributed by atoms with Gasteiger partial charge < -0.3 is 5.21 Å². The molecule has 100 valence electrons. The van der Waals surface area contributed by atoms with E-state index in [1.54, 1.807) is 36.6 Å². The zero-order valence-electron chi connectivity index (χ0n) is 10.5. The van der Waals surface area contributed by atoms with Gasteiger partial charge in [0.05, 0.1) is 11.6 Å². The largest absolute Gasteiger partial charge is 0.411 e. The van der Waals surface area contributed by atoms with Crippen molar-refractivity contribution in [3.8, 4) is 6.07 Å². The molecule has 0 aliphatic rings. The normalized spacial score (nSPS) is 10.9. The SMILES string of the molecule is CC(=NO)c1csc(NC(=O)c2ccc(C#N)cc2)n1. The predicted molar refractivity (Wildman–Crippen MR) is 75.2 cm³/mol. The number of amides is 1. The first-order valence-corrected chi connectivity index (χ1v) is 6.48. The number of nitrogens with zero attached hydrogens (tertiary/aromatic N) is 3. The number of hydrogen-bond acceptors (Lipinski definition) is 6. The van der Waals surface area contributed by atoms with E-state index in [-0.39, 0.29) is 5.91 Å². The maximum atomic E-state index is 12.0. The molecule has 1 heterocycles. The molecule has 2 aromatic rings. The van der Waals surface area contributed by atoms with Crippen LogP contribution in [0.3, 0.4) is 0 Å². The first-order valence-electron chi connectivity index (χ1n) is 5.60. The lowest BCUT2D eigenvalue weighted by Crippen LogP contribution is -2.11. The minimum absolute atomic E-state index is 0.311. The van der Waals surface area contributed by atoms with Crippen molar-refractivity contribution < 1.29 is 10.0 Å². The number of oxime groups is 1. The number of hydrogen-bond donors (Lipinski definition) is 2. The number of anilines is 1. The first kappa shape index (κ1) is 13.7. The zero-order valence-corrected chi connectivity index (χ0v) is 11.3. The summed E-state index contributed by atoms with van der Waals surface area (Å²) in [7, 11) is 0. The number of nitrogens with one attached hydrogen (secondary N) is 1. The van der Waals surface area contributed by atoms with Crippen LogP contribution >= 0.6 is 11.3 Å². The van der Waals surface area contributed by atoms with E-state index in [0.29, 0.717) is 27.7 Å². The molecule has 0 aliphatic carbocycles. The van der Waals surface area contributed by atoms with Gasteiger partial charge in [-0.1, -0.05) is 5.16 Å². The Bertz CT molecular complexity index is 698. The molecule has 0 aliphatic heterocycles. The molecule has 0 saturated heterocycles. The van der Waals surface area contributed by atoms with E-state index in [0.717, 1.165) is 0 Å². The van der Waals surface area contributed by atoms with Crippen LogP contribution in [0.4, 0.5) is 5.13 Å². The average molecular weight is 286 g/mol. The van der Waals surface area contributed by atoms with E-state index in [2.05, 4.69) is 15.5 Å². The van der Waals surface area contributed by atoms with Gasteiger partial charge in [0.25, 0.3) is 5.91 Å². The molecule has 0 radical (unpaired) electrons. The molecule has 2 rings (SSSR count). The second-order valence-electron chi connectivity index (χ2n) is 3.87. The minimum Gasteiger partial charge on any atom is -0.411 e. The number of benzene rings is 1. The highest BCUT2D eigenvalue weighted by Gasteiger charge is 2.10. The summed E-state index contributed by atoms with van der Waals surface area (Å²) in [5, 5.41) is 25.1. The maximum Gasteiger partial charge on any atom is 0.257 e. The van der Waals surface area contributed by atoms with Crippen LogP contribution in [0.2, 0.25) is 0 Å². The van der Waals surface area contributed by atoms with Gasteiger partial charge in [0.15, 0.2) is 5.13 Å². The van der Waals surface area contributed by atoms with Crippen LogP contribution in [-0.4, -0.2) is 21.8 Å². The quantitative estimate of drug-likeness (QED) is 0.514. The van der Waals surface area contributed by atoms with Gasteiger partial charge in [0.2, 0.25) is 0 Å². The predicted octanol–water partition coefficient (Wildman–Crippen LogP) is 2.47. The molecule has 7 heteroatoms. The van der Waals surface area contributed by atoms with Crippen LogP contribution in [0.15, 0.2) is 34.8 Å². The van der Waals surface area contributed by atoms with Crippen molar-refractivity contribution in [1.82, 2.24) is 4.98 Å². The lowest BCUT2D eigenvalue weighted by molar-refractivity contribution is 0.102. The van der Waals surface area contributed by atoms with Gasteiger partial charge in [-0.25, -0.2) is 4.98 Å². The van der Waals surface area contributed by atoms with Gasteiger partial charge in [-0.3, -0.25) is 10.1 Å². The lowest BCUT2D eigenvalue weighted by Gasteiger charge is -2.01. The molecular formula is C13H10N4O2S. The fourth-order valence-corrected chi connectivity index (χ4v) is 2.16. The number of carbonyl (C=O) groups excluding carboxylic acids is 1. The van der Waals surface area contributed by atoms with E-state index in [4.69, 9.17) is 10.5 Å². The van der Waals surface area contributed by atoms with E-state index >= 15 is 0 Å². The van der Waals surface area contributed by atoms with Crippen LogP contribution in [-0.2, 0) is 0 Å². The van der Waals surface area contributed by atoms with Gasteiger partial charge in [-0.2, -0.15) is 5.26 Å². The molecule has 0 bridgehead atoms. The molecule has 0 unspecified atom stereocenters. The topological polar surface area (TPSA) is 98.4 Å². The second kappa shape index (κ2) is 5.95. The summed E-state index contributed by atoms with van der Waals surface area (Å²) in [4.78, 5) is 16.1. The summed E-state index contributed by atoms with van der Waals surface area (Å²) >= 11 is 1.24. The van der Waals surface area contributed by atoms with Gasteiger partial charge in [-0.15, -0.1) is 11.3 Å². The Labute approximate surface area is 119 Å². The fourth-order valence-electron chi connectivity index (χ4n) is 1.41. The number of carbonyl (C=O) groups is 1. The third kappa shape index (κ3) is 2.99. The molecule has 0 fully saturated rings. The van der Waals surface area contributed by atoms with Gasteiger partial charge >= 0.3 is 0 Å². The Morgan fingerprint density at radius 2 is 2.15 bits per heavy atom. The second-order valence-corrected chi connectivity index (χ2v) is 4.72. The molecule has 1 aromatic carbocycles. The van der Waals surface area contributed by atoms with Crippen molar-refractivity contribution >= 4 is 28.1 Å². The molecular weight excluding hydrogens is 276 g/mol. The molecule has 0 spiro atoms. The molecule has 0 saturated carbocycles. The smallest absolute Gasteiger partial charge is 0.257 e. The maximum absolute atomic E-state index is 12.0. The van der Waals surface area contributed by atoms with Crippen molar-refractivity contribution in [1.29, 1.82) is 5.26 Å². The Balaban J connectivity index is 2.11. The highest BCUT2D eigenvalue weighted by atomic mass is 32.1. The van der Waals surface area contributed by atoms with Crippen LogP contribution in [0, 0.1) is 11.3 Å². The average Bonchev–Trinajstić information content (AvgIpc) is 2.95. The van der Waals surface area contributed by atoms with Crippen molar-refractivity contribution in [2.45, 2.75) is 6.92 Å². The zero-order chi connectivity index (χ0) is 14.5. The summed E-state index contributed by atoms with van der Waals surface area (Å²) in [6, 6.07) is 8.28. The molecule has 6 nitrogen and oxygen atoms in total. The summed E-state index contributed by atoms with van der Waals surface area (Å²) in [5.41, 5.74) is 1.81. The Kier molecular flexibility index (Phi) is 4.08. The molecule has 1 aromatic heterocycles. The van der Waals surface area contributed by atoms with Crippen LogP contribution in [0.1, 0.15) is 28.5 Å².